The van der Waals surface area contributed by atoms with Crippen molar-refractivity contribution in [2.45, 2.75) is 42.9 Å². The SMILES string of the molecule is CCOC(=O)C(C)(CC(C)Sc1cccc(Cl)c1)NC. The molecule has 1 rings (SSSR count). The Balaban J connectivity index is 2.67. The van der Waals surface area contributed by atoms with Crippen LogP contribution in [0.25, 0.3) is 0 Å². The van der Waals surface area contributed by atoms with Gasteiger partial charge in [0.2, 0.25) is 0 Å². The number of hydrogen-bond donors (Lipinski definition) is 1. The van der Waals surface area contributed by atoms with Gasteiger partial charge in [0.15, 0.2) is 0 Å². The van der Waals surface area contributed by atoms with Gasteiger partial charge in [0.25, 0.3) is 0 Å². The summed E-state index contributed by atoms with van der Waals surface area (Å²) in [5.74, 6) is -0.207. The van der Waals surface area contributed by atoms with Crippen LogP contribution in [0.15, 0.2) is 29.2 Å². The summed E-state index contributed by atoms with van der Waals surface area (Å²) in [6.45, 7) is 6.18. The average Bonchev–Trinajstić information content (AvgIpc) is 2.38. The summed E-state index contributed by atoms with van der Waals surface area (Å²) in [7, 11) is 1.79. The third kappa shape index (κ3) is 5.00. The lowest BCUT2D eigenvalue weighted by atomic mass is 9.96. The van der Waals surface area contributed by atoms with Gasteiger partial charge in [-0.2, -0.15) is 0 Å². The van der Waals surface area contributed by atoms with Crippen LogP contribution in [0.1, 0.15) is 27.2 Å². The van der Waals surface area contributed by atoms with Gasteiger partial charge in [0, 0.05) is 15.2 Å². The second-order valence-corrected chi connectivity index (χ2v) is 6.84. The smallest absolute Gasteiger partial charge is 0.326 e. The summed E-state index contributed by atoms with van der Waals surface area (Å²) < 4.78 is 5.14. The molecule has 5 heteroatoms. The normalized spacial score (nSPS) is 15.4. The van der Waals surface area contributed by atoms with Crippen molar-refractivity contribution >= 4 is 29.3 Å². The summed E-state index contributed by atoms with van der Waals surface area (Å²) in [6, 6.07) is 7.74. The zero-order valence-corrected chi connectivity index (χ0v) is 14.0. The molecule has 1 aromatic carbocycles. The van der Waals surface area contributed by atoms with Crippen molar-refractivity contribution in [2.24, 2.45) is 0 Å². The maximum atomic E-state index is 12.0. The van der Waals surface area contributed by atoms with Crippen LogP contribution in [-0.2, 0) is 9.53 Å². The van der Waals surface area contributed by atoms with Gasteiger partial charge < -0.3 is 10.1 Å². The van der Waals surface area contributed by atoms with Crippen LogP contribution in [0.2, 0.25) is 5.02 Å². The molecule has 3 nitrogen and oxygen atoms in total. The Hall–Kier alpha value is -0.710. The zero-order valence-electron chi connectivity index (χ0n) is 12.4. The highest BCUT2D eigenvalue weighted by atomic mass is 35.5. The number of rotatable bonds is 7. The van der Waals surface area contributed by atoms with Gasteiger partial charge in [-0.05, 0) is 45.5 Å². The lowest BCUT2D eigenvalue weighted by Gasteiger charge is -2.29. The fraction of sp³-hybridized carbons (Fsp3) is 0.533. The summed E-state index contributed by atoms with van der Waals surface area (Å²) in [5, 5.41) is 4.06. The highest BCUT2D eigenvalue weighted by Gasteiger charge is 2.34. The average molecular weight is 316 g/mol. The number of thioether (sulfide) groups is 1. The van der Waals surface area contributed by atoms with Crippen LogP contribution >= 0.6 is 23.4 Å². The quantitative estimate of drug-likeness (QED) is 0.614. The van der Waals surface area contributed by atoms with E-state index in [0.717, 1.165) is 9.92 Å². The second kappa shape index (κ2) is 7.91. The molecule has 0 saturated heterocycles. The van der Waals surface area contributed by atoms with Crippen molar-refractivity contribution in [3.63, 3.8) is 0 Å². The zero-order chi connectivity index (χ0) is 15.2. The number of hydrogen-bond acceptors (Lipinski definition) is 4. The predicted molar refractivity (Wildman–Crippen MR) is 85.5 cm³/mol. The molecule has 1 N–H and O–H groups in total. The fourth-order valence-electron chi connectivity index (χ4n) is 1.97. The number of carbonyl (C=O) groups is 1. The molecule has 0 spiro atoms. The van der Waals surface area contributed by atoms with E-state index in [9.17, 15) is 4.79 Å². The van der Waals surface area contributed by atoms with Crippen LogP contribution in [0, 0.1) is 0 Å². The molecular weight excluding hydrogens is 294 g/mol. The van der Waals surface area contributed by atoms with Gasteiger partial charge in [0.1, 0.15) is 5.54 Å². The van der Waals surface area contributed by atoms with Gasteiger partial charge in [-0.1, -0.05) is 24.6 Å². The van der Waals surface area contributed by atoms with E-state index in [1.807, 2.05) is 38.1 Å². The first-order valence-corrected chi connectivity index (χ1v) is 7.95. The summed E-state index contributed by atoms with van der Waals surface area (Å²) >= 11 is 7.68. The van der Waals surface area contributed by atoms with Crippen LogP contribution in [0.5, 0.6) is 0 Å². The molecule has 0 aliphatic heterocycles. The van der Waals surface area contributed by atoms with Crippen molar-refractivity contribution in [1.82, 2.24) is 5.32 Å². The Morgan fingerprint density at radius 1 is 1.55 bits per heavy atom. The van der Waals surface area contributed by atoms with E-state index in [1.54, 1.807) is 18.8 Å². The van der Waals surface area contributed by atoms with Gasteiger partial charge in [-0.3, -0.25) is 4.79 Å². The molecule has 0 saturated carbocycles. The third-order valence-corrected chi connectivity index (χ3v) is 4.44. The van der Waals surface area contributed by atoms with Crippen molar-refractivity contribution in [3.8, 4) is 0 Å². The highest BCUT2D eigenvalue weighted by molar-refractivity contribution is 8.00. The molecule has 0 aromatic heterocycles. The van der Waals surface area contributed by atoms with Gasteiger partial charge in [-0.15, -0.1) is 11.8 Å². The minimum atomic E-state index is -0.666. The Morgan fingerprint density at radius 2 is 2.25 bits per heavy atom. The molecule has 2 atom stereocenters. The largest absolute Gasteiger partial charge is 0.465 e. The molecule has 1 aromatic rings. The van der Waals surface area contributed by atoms with Crippen molar-refractivity contribution in [2.75, 3.05) is 13.7 Å². The Kier molecular flexibility index (Phi) is 6.86. The number of ether oxygens (including phenoxy) is 1. The van der Waals surface area contributed by atoms with Crippen LogP contribution in [0.4, 0.5) is 0 Å². The number of nitrogens with one attached hydrogen (secondary N) is 1. The van der Waals surface area contributed by atoms with Crippen molar-refractivity contribution < 1.29 is 9.53 Å². The van der Waals surface area contributed by atoms with E-state index in [-0.39, 0.29) is 11.2 Å². The second-order valence-electron chi connectivity index (χ2n) is 4.89. The Labute approximate surface area is 130 Å². The lowest BCUT2D eigenvalue weighted by Crippen LogP contribution is -2.50. The third-order valence-electron chi connectivity index (χ3n) is 3.11. The molecular formula is C15H22ClNO2S. The van der Waals surface area contributed by atoms with Gasteiger partial charge in [-0.25, -0.2) is 0 Å². The van der Waals surface area contributed by atoms with E-state index in [2.05, 4.69) is 12.2 Å². The van der Waals surface area contributed by atoms with E-state index < -0.39 is 5.54 Å². The Bertz CT molecular complexity index is 455. The molecule has 0 aliphatic rings. The van der Waals surface area contributed by atoms with Crippen LogP contribution in [-0.4, -0.2) is 30.4 Å². The standard InChI is InChI=1S/C15H22ClNO2S/c1-5-19-14(18)15(3,17-4)10-11(2)20-13-8-6-7-12(16)9-13/h6-9,11,17H,5,10H2,1-4H3. The maximum absolute atomic E-state index is 12.0. The number of halogens is 1. The van der Waals surface area contributed by atoms with E-state index in [1.165, 1.54) is 0 Å². The first kappa shape index (κ1) is 17.3. The van der Waals surface area contributed by atoms with Gasteiger partial charge in [0.05, 0.1) is 6.61 Å². The summed E-state index contributed by atoms with van der Waals surface area (Å²) in [5.41, 5.74) is -0.666. The summed E-state index contributed by atoms with van der Waals surface area (Å²) in [6.07, 6.45) is 0.680. The molecule has 2 unspecified atom stereocenters. The minimum absolute atomic E-state index is 0.207. The topological polar surface area (TPSA) is 38.3 Å². The number of likely N-dealkylation sites (N-methyl/N-ethyl adjacent to an activating group) is 1. The molecule has 0 heterocycles. The molecule has 20 heavy (non-hydrogen) atoms. The van der Waals surface area contributed by atoms with E-state index >= 15 is 0 Å². The highest BCUT2D eigenvalue weighted by Crippen LogP contribution is 2.30. The van der Waals surface area contributed by atoms with Crippen molar-refractivity contribution in [1.29, 1.82) is 0 Å². The monoisotopic (exact) mass is 315 g/mol. The number of benzene rings is 1. The summed E-state index contributed by atoms with van der Waals surface area (Å²) in [4.78, 5) is 13.1. The fourth-order valence-corrected chi connectivity index (χ4v) is 3.46. The lowest BCUT2D eigenvalue weighted by molar-refractivity contribution is -0.150. The molecule has 112 valence electrons. The molecule has 0 radical (unpaired) electrons. The molecule has 0 aliphatic carbocycles. The molecule has 0 bridgehead atoms. The maximum Gasteiger partial charge on any atom is 0.326 e. The van der Waals surface area contributed by atoms with Crippen LogP contribution in [0.3, 0.4) is 0 Å². The van der Waals surface area contributed by atoms with E-state index in [4.69, 9.17) is 16.3 Å². The first-order chi connectivity index (χ1) is 9.41. The number of carbonyl (C=O) groups excluding carboxylic acids is 1. The Morgan fingerprint density at radius 3 is 2.80 bits per heavy atom. The predicted octanol–water partition coefficient (Wildman–Crippen LogP) is 3.75. The molecule has 0 amide bonds. The van der Waals surface area contributed by atoms with Gasteiger partial charge >= 0.3 is 5.97 Å². The van der Waals surface area contributed by atoms with E-state index in [0.29, 0.717) is 13.0 Å². The first-order valence-electron chi connectivity index (χ1n) is 6.69. The molecule has 0 fully saturated rings. The van der Waals surface area contributed by atoms with Crippen LogP contribution < -0.4 is 5.32 Å². The minimum Gasteiger partial charge on any atom is -0.465 e. The van der Waals surface area contributed by atoms with Crippen molar-refractivity contribution in [3.05, 3.63) is 29.3 Å². The number of esters is 1.